The number of fused-ring (bicyclic) bond motifs is 1. The second-order valence-electron chi connectivity index (χ2n) is 7.82. The lowest BCUT2D eigenvalue weighted by molar-refractivity contribution is 0.211. The number of nitrogens with zero attached hydrogens (tertiary/aromatic N) is 5. The highest BCUT2D eigenvalue weighted by molar-refractivity contribution is 7.17. The van der Waals surface area contributed by atoms with E-state index in [9.17, 15) is 9.50 Å². The van der Waals surface area contributed by atoms with Gasteiger partial charge in [-0.15, -0.1) is 5.10 Å². The van der Waals surface area contributed by atoms with Gasteiger partial charge in [-0.05, 0) is 48.9 Å². The van der Waals surface area contributed by atoms with Crippen molar-refractivity contribution in [1.29, 1.82) is 0 Å². The fourth-order valence-corrected chi connectivity index (χ4v) is 5.39. The fourth-order valence-electron chi connectivity index (χ4n) is 4.23. The summed E-state index contributed by atoms with van der Waals surface area (Å²) in [5, 5.41) is 15.3. The normalized spacial score (nSPS) is 15.9. The molecule has 0 unspecified atom stereocenters. The molecule has 1 atom stereocenters. The van der Waals surface area contributed by atoms with Crippen LogP contribution in [0.3, 0.4) is 0 Å². The largest absolute Gasteiger partial charge is 0.497 e. The molecule has 1 fully saturated rings. The number of aromatic nitrogens is 3. The van der Waals surface area contributed by atoms with Crippen LogP contribution in [0, 0.1) is 12.7 Å². The standard InChI is InChI=1S/C23H24FN5O2S/c1-15-25-23-29(26-15)22(30)21(32-23)20(16-3-5-17(24)6-4-16)28-13-11-27(12-14-28)18-7-9-19(31-2)10-8-18/h3-10,20,30H,11-14H2,1-2H3/t20-/m1/s1. The monoisotopic (exact) mass is 453 g/mol. The summed E-state index contributed by atoms with van der Waals surface area (Å²) < 4.78 is 20.4. The second kappa shape index (κ2) is 8.40. The molecule has 1 aliphatic heterocycles. The molecule has 32 heavy (non-hydrogen) atoms. The predicted octanol–water partition coefficient (Wildman–Crippen LogP) is 3.86. The van der Waals surface area contributed by atoms with Crippen LogP contribution in [0.15, 0.2) is 48.5 Å². The molecule has 1 N–H and O–H groups in total. The first-order valence-electron chi connectivity index (χ1n) is 10.5. The van der Waals surface area contributed by atoms with Crippen LogP contribution in [0.1, 0.15) is 22.3 Å². The van der Waals surface area contributed by atoms with Crippen molar-refractivity contribution >= 4 is 22.0 Å². The van der Waals surface area contributed by atoms with Crippen molar-refractivity contribution in [1.82, 2.24) is 19.5 Å². The predicted molar refractivity (Wildman–Crippen MR) is 122 cm³/mol. The SMILES string of the molecule is COc1ccc(N2CCN([C@H](c3ccc(F)cc3)c3sc4nc(C)nn4c3O)CC2)cc1. The Bertz CT molecular complexity index is 1210. The highest BCUT2D eigenvalue weighted by Gasteiger charge is 2.31. The van der Waals surface area contributed by atoms with Crippen LogP contribution in [-0.4, -0.2) is 57.9 Å². The number of ether oxygens (including phenoxy) is 1. The van der Waals surface area contributed by atoms with Crippen molar-refractivity contribution in [2.45, 2.75) is 13.0 Å². The number of piperazine rings is 1. The van der Waals surface area contributed by atoms with Gasteiger partial charge in [-0.1, -0.05) is 23.5 Å². The average molecular weight is 454 g/mol. The summed E-state index contributed by atoms with van der Waals surface area (Å²) >= 11 is 1.42. The van der Waals surface area contributed by atoms with Crippen LogP contribution < -0.4 is 9.64 Å². The van der Waals surface area contributed by atoms with E-state index in [1.807, 2.05) is 12.1 Å². The maximum absolute atomic E-state index is 13.6. The molecular weight excluding hydrogens is 429 g/mol. The summed E-state index contributed by atoms with van der Waals surface area (Å²) in [6.07, 6.45) is 0. The Morgan fingerprint density at radius 2 is 1.72 bits per heavy atom. The first-order chi connectivity index (χ1) is 15.5. The fraction of sp³-hybridized carbons (Fsp3) is 0.304. The van der Waals surface area contributed by atoms with E-state index in [-0.39, 0.29) is 17.7 Å². The zero-order chi connectivity index (χ0) is 22.2. The van der Waals surface area contributed by atoms with Crippen LogP contribution in [0.25, 0.3) is 4.96 Å². The van der Waals surface area contributed by atoms with Gasteiger partial charge in [0, 0.05) is 31.9 Å². The van der Waals surface area contributed by atoms with Gasteiger partial charge < -0.3 is 14.7 Å². The van der Waals surface area contributed by atoms with Crippen molar-refractivity contribution in [2.24, 2.45) is 0 Å². The van der Waals surface area contributed by atoms with Gasteiger partial charge in [0.1, 0.15) is 17.4 Å². The van der Waals surface area contributed by atoms with Crippen LogP contribution in [0.2, 0.25) is 0 Å². The minimum Gasteiger partial charge on any atom is -0.497 e. The zero-order valence-corrected chi connectivity index (χ0v) is 18.7. The summed E-state index contributed by atoms with van der Waals surface area (Å²) in [6.45, 7) is 5.06. The number of hydrogen-bond acceptors (Lipinski definition) is 7. The Labute approximate surface area is 189 Å². The maximum atomic E-state index is 13.6. The summed E-state index contributed by atoms with van der Waals surface area (Å²) in [5.41, 5.74) is 2.08. The molecule has 0 aliphatic carbocycles. The third-order valence-electron chi connectivity index (χ3n) is 5.86. The average Bonchev–Trinajstić information content (AvgIpc) is 3.33. The molecule has 3 heterocycles. The lowest BCUT2D eigenvalue weighted by Gasteiger charge is -2.40. The molecule has 9 heteroatoms. The number of anilines is 1. The molecule has 0 radical (unpaired) electrons. The van der Waals surface area contributed by atoms with Crippen molar-refractivity contribution in [3.8, 4) is 11.6 Å². The number of thiazole rings is 1. The van der Waals surface area contributed by atoms with Gasteiger partial charge >= 0.3 is 0 Å². The van der Waals surface area contributed by atoms with Crippen LogP contribution in [0.5, 0.6) is 11.6 Å². The molecule has 2 aromatic carbocycles. The van der Waals surface area contributed by atoms with E-state index in [1.165, 1.54) is 28.0 Å². The molecule has 0 saturated carbocycles. The number of hydrogen-bond donors (Lipinski definition) is 1. The van der Waals surface area contributed by atoms with E-state index >= 15 is 0 Å². The lowest BCUT2D eigenvalue weighted by atomic mass is 10.0. The van der Waals surface area contributed by atoms with Gasteiger partial charge in [-0.2, -0.15) is 4.52 Å². The van der Waals surface area contributed by atoms with E-state index in [0.29, 0.717) is 10.8 Å². The van der Waals surface area contributed by atoms with Gasteiger partial charge in [0.2, 0.25) is 10.8 Å². The van der Waals surface area contributed by atoms with E-state index in [2.05, 4.69) is 32.0 Å². The van der Waals surface area contributed by atoms with Crippen molar-refractivity contribution < 1.29 is 14.2 Å². The zero-order valence-electron chi connectivity index (χ0n) is 17.9. The lowest BCUT2D eigenvalue weighted by Crippen LogP contribution is -2.47. The smallest absolute Gasteiger partial charge is 0.230 e. The van der Waals surface area contributed by atoms with Gasteiger partial charge in [0.05, 0.1) is 18.0 Å². The van der Waals surface area contributed by atoms with Gasteiger partial charge in [0.15, 0.2) is 0 Å². The van der Waals surface area contributed by atoms with E-state index < -0.39 is 0 Å². The molecule has 1 saturated heterocycles. The summed E-state index contributed by atoms with van der Waals surface area (Å²) in [5.74, 6) is 1.27. The number of aryl methyl sites for hydroxylation is 1. The number of benzene rings is 2. The topological polar surface area (TPSA) is 66.1 Å². The van der Waals surface area contributed by atoms with E-state index in [0.717, 1.165) is 48.1 Å². The Balaban J connectivity index is 1.44. The number of halogens is 1. The quantitative estimate of drug-likeness (QED) is 0.495. The van der Waals surface area contributed by atoms with Gasteiger partial charge in [-0.25, -0.2) is 9.37 Å². The third-order valence-corrected chi connectivity index (χ3v) is 6.93. The molecule has 0 bridgehead atoms. The van der Waals surface area contributed by atoms with Gasteiger partial charge in [-0.3, -0.25) is 4.90 Å². The van der Waals surface area contributed by atoms with Crippen LogP contribution >= 0.6 is 11.3 Å². The minimum absolute atomic E-state index is 0.0949. The van der Waals surface area contributed by atoms with E-state index in [4.69, 9.17) is 4.74 Å². The second-order valence-corrected chi connectivity index (χ2v) is 8.83. The Kier molecular flexibility index (Phi) is 5.44. The van der Waals surface area contributed by atoms with Gasteiger partial charge in [0.25, 0.3) is 0 Å². The minimum atomic E-state index is -0.278. The molecule has 7 nitrogen and oxygen atoms in total. The summed E-state index contributed by atoms with van der Waals surface area (Å²) in [6, 6.07) is 14.4. The Hall–Kier alpha value is -3.17. The molecule has 2 aromatic heterocycles. The van der Waals surface area contributed by atoms with Crippen molar-refractivity contribution in [3.05, 3.63) is 70.6 Å². The molecule has 0 spiro atoms. The van der Waals surface area contributed by atoms with E-state index in [1.54, 1.807) is 26.2 Å². The number of methoxy groups -OCH3 is 1. The number of aromatic hydroxyl groups is 1. The summed E-state index contributed by atoms with van der Waals surface area (Å²) in [7, 11) is 1.66. The Morgan fingerprint density at radius 1 is 1.03 bits per heavy atom. The molecular formula is C23H24FN5O2S. The number of rotatable bonds is 5. The summed E-state index contributed by atoms with van der Waals surface area (Å²) in [4.78, 5) is 10.5. The molecule has 4 aromatic rings. The van der Waals surface area contributed by atoms with Crippen molar-refractivity contribution in [2.75, 3.05) is 38.2 Å². The highest BCUT2D eigenvalue weighted by Crippen LogP contribution is 2.40. The van der Waals surface area contributed by atoms with Crippen LogP contribution in [0.4, 0.5) is 10.1 Å². The maximum Gasteiger partial charge on any atom is 0.230 e. The third kappa shape index (κ3) is 3.78. The first kappa shape index (κ1) is 20.7. The van der Waals surface area contributed by atoms with Crippen molar-refractivity contribution in [3.63, 3.8) is 0 Å². The molecule has 1 aliphatic rings. The molecule has 0 amide bonds. The molecule has 5 rings (SSSR count). The Morgan fingerprint density at radius 3 is 2.34 bits per heavy atom. The molecule has 166 valence electrons. The first-order valence-corrected chi connectivity index (χ1v) is 11.3. The highest BCUT2D eigenvalue weighted by atomic mass is 32.1. The van der Waals surface area contributed by atoms with Crippen LogP contribution in [-0.2, 0) is 0 Å².